The minimum absolute atomic E-state index is 0.114. The molecular weight excluding hydrogens is 244 g/mol. The van der Waals surface area contributed by atoms with Crippen LogP contribution < -0.4 is 10.5 Å². The molecule has 1 heterocycles. The number of thiophene rings is 1. The molecule has 2 aromatic rings. The van der Waals surface area contributed by atoms with Crippen LogP contribution in [-0.4, -0.2) is 7.11 Å². The van der Waals surface area contributed by atoms with Crippen molar-refractivity contribution >= 4 is 11.3 Å². The second-order valence-electron chi connectivity index (χ2n) is 3.50. The van der Waals surface area contributed by atoms with Crippen molar-refractivity contribution in [3.63, 3.8) is 0 Å². The van der Waals surface area contributed by atoms with Gasteiger partial charge in [0.05, 0.1) is 13.2 Å². The van der Waals surface area contributed by atoms with E-state index in [1.54, 1.807) is 11.4 Å². The van der Waals surface area contributed by atoms with Crippen LogP contribution in [0.2, 0.25) is 0 Å². The van der Waals surface area contributed by atoms with Crippen LogP contribution in [-0.2, 0) is 0 Å². The Bertz CT molecular complexity index is 507. The predicted octanol–water partition coefficient (Wildman–Crippen LogP) is 3.08. The van der Waals surface area contributed by atoms with Crippen molar-refractivity contribution in [1.29, 1.82) is 0 Å². The maximum Gasteiger partial charge on any atom is 0.131 e. The molecule has 0 amide bonds. The number of hydrogen-bond donors (Lipinski definition) is 1. The summed E-state index contributed by atoms with van der Waals surface area (Å²) in [6.07, 6.45) is 0. The molecule has 0 saturated carbocycles. The molecule has 5 heteroatoms. The molecule has 0 spiro atoms. The second-order valence-corrected chi connectivity index (χ2v) is 4.44. The molecule has 0 aliphatic rings. The average Bonchev–Trinajstić information content (AvgIpc) is 2.77. The number of halogens is 2. The van der Waals surface area contributed by atoms with E-state index < -0.39 is 17.7 Å². The molecule has 0 saturated heterocycles. The van der Waals surface area contributed by atoms with E-state index in [4.69, 9.17) is 10.5 Å². The molecule has 0 bridgehead atoms. The Morgan fingerprint density at radius 3 is 2.47 bits per heavy atom. The third-order valence-electron chi connectivity index (χ3n) is 2.45. The van der Waals surface area contributed by atoms with Crippen LogP contribution in [0.1, 0.15) is 16.5 Å². The number of nitrogens with two attached hydrogens (primary N) is 1. The highest BCUT2D eigenvalue weighted by Crippen LogP contribution is 2.31. The summed E-state index contributed by atoms with van der Waals surface area (Å²) in [4.78, 5) is 0.658. The largest absolute Gasteiger partial charge is 0.496 e. The van der Waals surface area contributed by atoms with Crippen molar-refractivity contribution < 1.29 is 13.5 Å². The SMILES string of the molecule is COc1csc(C(N)c2c(F)cccc2F)c1. The molecule has 2 N–H and O–H groups in total. The normalized spacial score (nSPS) is 12.5. The standard InChI is InChI=1S/C12H11F2NOS/c1-16-7-5-10(17-6-7)12(15)11-8(13)3-2-4-9(11)14/h2-6,12H,15H2,1H3. The molecular formula is C12H11F2NOS. The lowest BCUT2D eigenvalue weighted by atomic mass is 10.0. The van der Waals surface area contributed by atoms with Crippen molar-refractivity contribution in [2.45, 2.75) is 6.04 Å². The van der Waals surface area contributed by atoms with E-state index >= 15 is 0 Å². The molecule has 0 radical (unpaired) electrons. The zero-order valence-corrected chi connectivity index (χ0v) is 9.93. The van der Waals surface area contributed by atoms with Crippen LogP contribution >= 0.6 is 11.3 Å². The van der Waals surface area contributed by atoms with Gasteiger partial charge in [-0.1, -0.05) is 6.07 Å². The molecule has 90 valence electrons. The van der Waals surface area contributed by atoms with Crippen LogP contribution in [0.5, 0.6) is 5.75 Å². The Hall–Kier alpha value is -1.46. The molecule has 0 aliphatic carbocycles. The summed E-state index contributed by atoms with van der Waals surface area (Å²) >= 11 is 1.31. The number of ether oxygens (including phenoxy) is 1. The highest BCUT2D eigenvalue weighted by Gasteiger charge is 2.19. The lowest BCUT2D eigenvalue weighted by Crippen LogP contribution is -2.14. The van der Waals surface area contributed by atoms with Gasteiger partial charge in [0, 0.05) is 15.8 Å². The predicted molar refractivity (Wildman–Crippen MR) is 63.3 cm³/mol. The van der Waals surface area contributed by atoms with E-state index in [1.807, 2.05) is 0 Å². The first kappa shape index (κ1) is 12.0. The first-order chi connectivity index (χ1) is 8.13. The minimum atomic E-state index is -0.815. The van der Waals surface area contributed by atoms with Crippen LogP contribution in [0.4, 0.5) is 8.78 Å². The van der Waals surface area contributed by atoms with E-state index in [9.17, 15) is 8.78 Å². The summed E-state index contributed by atoms with van der Waals surface area (Å²) in [5, 5.41) is 1.74. The van der Waals surface area contributed by atoms with Crippen molar-refractivity contribution in [3.05, 3.63) is 51.7 Å². The third-order valence-corrected chi connectivity index (χ3v) is 3.44. The van der Waals surface area contributed by atoms with Crippen LogP contribution in [0.15, 0.2) is 29.6 Å². The fourth-order valence-corrected chi connectivity index (χ4v) is 2.42. The minimum Gasteiger partial charge on any atom is -0.496 e. The molecule has 1 aromatic heterocycles. The fourth-order valence-electron chi connectivity index (χ4n) is 1.55. The molecule has 2 nitrogen and oxygen atoms in total. The van der Waals surface area contributed by atoms with E-state index in [-0.39, 0.29) is 5.56 Å². The summed E-state index contributed by atoms with van der Waals surface area (Å²) < 4.78 is 32.1. The van der Waals surface area contributed by atoms with Gasteiger partial charge >= 0.3 is 0 Å². The summed E-state index contributed by atoms with van der Waals surface area (Å²) in [5.74, 6) is -0.632. The smallest absolute Gasteiger partial charge is 0.131 e. The summed E-state index contributed by atoms with van der Waals surface area (Å²) in [5.41, 5.74) is 5.75. The summed E-state index contributed by atoms with van der Waals surface area (Å²) in [6, 6.07) is 4.58. The monoisotopic (exact) mass is 255 g/mol. The van der Waals surface area contributed by atoms with Gasteiger partial charge in [-0.2, -0.15) is 0 Å². The topological polar surface area (TPSA) is 35.2 Å². The molecule has 2 rings (SSSR count). The Morgan fingerprint density at radius 2 is 1.94 bits per heavy atom. The van der Waals surface area contributed by atoms with E-state index in [0.29, 0.717) is 10.6 Å². The van der Waals surface area contributed by atoms with E-state index in [0.717, 1.165) is 0 Å². The Balaban J connectivity index is 2.39. The second kappa shape index (κ2) is 4.81. The number of rotatable bonds is 3. The highest BCUT2D eigenvalue weighted by atomic mass is 32.1. The van der Waals surface area contributed by atoms with E-state index in [1.165, 1.54) is 36.6 Å². The van der Waals surface area contributed by atoms with Crippen molar-refractivity contribution in [2.75, 3.05) is 7.11 Å². The van der Waals surface area contributed by atoms with Gasteiger partial charge in [0.15, 0.2) is 0 Å². The van der Waals surface area contributed by atoms with Crippen LogP contribution in [0.25, 0.3) is 0 Å². The first-order valence-corrected chi connectivity index (χ1v) is 5.83. The molecule has 1 atom stereocenters. The first-order valence-electron chi connectivity index (χ1n) is 4.95. The quantitative estimate of drug-likeness (QED) is 0.914. The zero-order valence-electron chi connectivity index (χ0n) is 9.11. The lowest BCUT2D eigenvalue weighted by molar-refractivity contribution is 0.416. The molecule has 1 aromatic carbocycles. The zero-order chi connectivity index (χ0) is 12.4. The van der Waals surface area contributed by atoms with Crippen LogP contribution in [0.3, 0.4) is 0 Å². The van der Waals surface area contributed by atoms with Crippen molar-refractivity contribution in [2.24, 2.45) is 5.73 Å². The van der Waals surface area contributed by atoms with Gasteiger partial charge in [-0.15, -0.1) is 11.3 Å². The molecule has 17 heavy (non-hydrogen) atoms. The van der Waals surface area contributed by atoms with Gasteiger partial charge in [0.2, 0.25) is 0 Å². The molecule has 0 aliphatic heterocycles. The van der Waals surface area contributed by atoms with Gasteiger partial charge in [-0.3, -0.25) is 0 Å². The Labute approximate surface area is 102 Å². The maximum atomic E-state index is 13.5. The Morgan fingerprint density at radius 1 is 1.29 bits per heavy atom. The van der Waals surface area contributed by atoms with Crippen molar-refractivity contribution in [3.8, 4) is 5.75 Å². The third kappa shape index (κ3) is 2.30. The van der Waals surface area contributed by atoms with Gasteiger partial charge < -0.3 is 10.5 Å². The summed E-state index contributed by atoms with van der Waals surface area (Å²) in [7, 11) is 1.53. The van der Waals surface area contributed by atoms with Crippen molar-refractivity contribution in [1.82, 2.24) is 0 Å². The lowest BCUT2D eigenvalue weighted by Gasteiger charge is -2.11. The average molecular weight is 255 g/mol. The van der Waals surface area contributed by atoms with Gasteiger partial charge in [0.1, 0.15) is 17.4 Å². The van der Waals surface area contributed by atoms with Crippen LogP contribution in [0, 0.1) is 11.6 Å². The number of hydrogen-bond acceptors (Lipinski definition) is 3. The van der Waals surface area contributed by atoms with E-state index in [2.05, 4.69) is 0 Å². The molecule has 1 unspecified atom stereocenters. The molecule has 0 fully saturated rings. The maximum absolute atomic E-state index is 13.5. The van der Waals surface area contributed by atoms with Gasteiger partial charge in [0.25, 0.3) is 0 Å². The van der Waals surface area contributed by atoms with Gasteiger partial charge in [-0.05, 0) is 18.2 Å². The fraction of sp³-hybridized carbons (Fsp3) is 0.167. The highest BCUT2D eigenvalue weighted by molar-refractivity contribution is 7.10. The Kier molecular flexibility index (Phi) is 3.40. The number of benzene rings is 1. The van der Waals surface area contributed by atoms with Gasteiger partial charge in [-0.25, -0.2) is 8.78 Å². The number of methoxy groups -OCH3 is 1. The summed E-state index contributed by atoms with van der Waals surface area (Å²) in [6.45, 7) is 0.